The Kier molecular flexibility index (Phi) is 10.2. The lowest BCUT2D eigenvalue weighted by Crippen LogP contribution is -2.40. The van der Waals surface area contributed by atoms with Gasteiger partial charge in [0.25, 0.3) is 0 Å². The number of carbonyl (C=O) groups excluding carboxylic acids is 2. The molecular weight excluding hydrogens is 864 g/mol. The quantitative estimate of drug-likeness (QED) is 0.0764. The number of benzene rings is 6. The molecule has 2 aliphatic heterocycles. The Balaban J connectivity index is 1.35. The lowest BCUT2D eigenvalue weighted by atomic mass is 9.77. The smallest absolute Gasteiger partial charge is 0.338 e. The van der Waals surface area contributed by atoms with E-state index in [0.717, 1.165) is 66.7 Å². The van der Waals surface area contributed by atoms with Crippen LogP contribution in [0.1, 0.15) is 66.7 Å². The van der Waals surface area contributed by atoms with Crippen molar-refractivity contribution in [3.05, 3.63) is 112 Å². The van der Waals surface area contributed by atoms with Crippen LogP contribution in [-0.2, 0) is 15.9 Å². The minimum Gasteiger partial charge on any atom is -0.508 e. The molecule has 0 saturated carbocycles. The molecule has 0 bridgehead atoms. The molecular formula is C44H34O21. The molecule has 2 aliphatic rings. The van der Waals surface area contributed by atoms with Gasteiger partial charge in [0, 0.05) is 52.4 Å². The topological polar surface area (TPSA) is 375 Å². The van der Waals surface area contributed by atoms with Gasteiger partial charge in [0.1, 0.15) is 40.6 Å². The first-order chi connectivity index (χ1) is 30.7. The maximum absolute atomic E-state index is 14.1. The molecule has 336 valence electrons. The molecule has 0 fully saturated rings. The highest BCUT2D eigenvalue weighted by Gasteiger charge is 2.49. The van der Waals surface area contributed by atoms with Crippen LogP contribution < -0.4 is 9.47 Å². The van der Waals surface area contributed by atoms with E-state index in [1.165, 1.54) is 6.07 Å². The summed E-state index contributed by atoms with van der Waals surface area (Å²) < 4.78 is 24.4. The van der Waals surface area contributed by atoms with Gasteiger partial charge in [0.15, 0.2) is 81.6 Å². The molecule has 8 rings (SSSR count). The summed E-state index contributed by atoms with van der Waals surface area (Å²) in [5.41, 5.74) is -2.34. The Morgan fingerprint density at radius 3 is 1.52 bits per heavy atom. The van der Waals surface area contributed by atoms with E-state index in [1.807, 2.05) is 0 Å². The van der Waals surface area contributed by atoms with Gasteiger partial charge in [-0.25, -0.2) is 9.59 Å². The van der Waals surface area contributed by atoms with Crippen molar-refractivity contribution >= 4 is 11.9 Å². The number of ether oxygens (including phenoxy) is 4. The molecule has 5 atom stereocenters. The summed E-state index contributed by atoms with van der Waals surface area (Å²) >= 11 is 0. The van der Waals surface area contributed by atoms with Gasteiger partial charge in [-0.15, -0.1) is 0 Å². The van der Waals surface area contributed by atoms with E-state index < -0.39 is 157 Å². The zero-order chi connectivity index (χ0) is 46.9. The van der Waals surface area contributed by atoms with Crippen LogP contribution in [0.25, 0.3) is 0 Å². The molecule has 6 aromatic carbocycles. The lowest BCUT2D eigenvalue weighted by Gasteiger charge is -2.42. The van der Waals surface area contributed by atoms with Crippen molar-refractivity contribution < 1.29 is 105 Å². The number of carbonyl (C=O) groups is 2. The van der Waals surface area contributed by atoms with Crippen LogP contribution >= 0.6 is 0 Å². The Bertz CT molecular complexity index is 2890. The molecule has 0 aromatic heterocycles. The molecule has 21 heteroatoms. The summed E-state index contributed by atoms with van der Waals surface area (Å²) in [7, 11) is 0. The summed E-state index contributed by atoms with van der Waals surface area (Å²) in [5, 5.41) is 158. The Labute approximate surface area is 362 Å². The van der Waals surface area contributed by atoms with Crippen molar-refractivity contribution in [1.82, 2.24) is 0 Å². The SMILES string of the molecule is O=C(O[C@@H]1[C@@H](c2c(O)cc(O)c3c2O[C@H](c2cc(O)c(O)c(O)c2)[C@H](OC(=O)c2cc(O)c(O)c(O)c2)C3)c2c(O)cc(O)cc2O[C@@H]1c1ccc(O)c(O)c1)c1cc(O)c(O)c(O)c1. The highest BCUT2D eigenvalue weighted by Crippen LogP contribution is 2.59. The largest absolute Gasteiger partial charge is 0.508 e. The normalized spacial score (nSPS) is 18.6. The first-order valence-electron chi connectivity index (χ1n) is 18.9. The Morgan fingerprint density at radius 1 is 0.462 bits per heavy atom. The van der Waals surface area contributed by atoms with Gasteiger partial charge >= 0.3 is 11.9 Å². The lowest BCUT2D eigenvalue weighted by molar-refractivity contribution is -0.0303. The zero-order valence-corrected chi connectivity index (χ0v) is 32.7. The monoisotopic (exact) mass is 898 g/mol. The molecule has 0 aliphatic carbocycles. The number of hydrogen-bond donors (Lipinski definition) is 15. The predicted octanol–water partition coefficient (Wildman–Crippen LogP) is 4.66. The highest BCUT2D eigenvalue weighted by molar-refractivity contribution is 5.92. The van der Waals surface area contributed by atoms with Gasteiger partial charge in [-0.3, -0.25) is 0 Å². The summed E-state index contributed by atoms with van der Waals surface area (Å²) in [5.74, 6) is -17.7. The van der Waals surface area contributed by atoms with Crippen LogP contribution in [0, 0.1) is 0 Å². The zero-order valence-electron chi connectivity index (χ0n) is 32.7. The Hall–Kier alpha value is -9.14. The number of hydrogen-bond acceptors (Lipinski definition) is 21. The van der Waals surface area contributed by atoms with Crippen LogP contribution in [0.15, 0.2) is 72.8 Å². The maximum Gasteiger partial charge on any atom is 0.338 e. The third-order valence-electron chi connectivity index (χ3n) is 10.8. The summed E-state index contributed by atoms with van der Waals surface area (Å²) in [6.07, 6.45) is -7.43. The van der Waals surface area contributed by atoms with Gasteiger partial charge in [-0.05, 0) is 48.5 Å². The van der Waals surface area contributed by atoms with Crippen molar-refractivity contribution in [3.63, 3.8) is 0 Å². The molecule has 65 heavy (non-hydrogen) atoms. The number of aromatic hydroxyl groups is 15. The van der Waals surface area contributed by atoms with Crippen molar-refractivity contribution in [2.45, 2.75) is 36.8 Å². The van der Waals surface area contributed by atoms with E-state index in [9.17, 15) is 86.2 Å². The first-order valence-corrected chi connectivity index (χ1v) is 18.9. The molecule has 21 nitrogen and oxygen atoms in total. The molecule has 6 aromatic rings. The van der Waals surface area contributed by atoms with Gasteiger partial charge in [0.2, 0.25) is 0 Å². The molecule has 0 saturated heterocycles. The fourth-order valence-corrected chi connectivity index (χ4v) is 7.81. The van der Waals surface area contributed by atoms with Gasteiger partial charge < -0.3 is 95.5 Å². The van der Waals surface area contributed by atoms with E-state index in [1.54, 1.807) is 0 Å². The van der Waals surface area contributed by atoms with Crippen molar-refractivity contribution in [3.8, 4) is 97.7 Å². The number of rotatable bonds is 7. The third kappa shape index (κ3) is 7.41. The average Bonchev–Trinajstić information content (AvgIpc) is 3.24. The average molecular weight is 899 g/mol. The first kappa shape index (κ1) is 42.5. The molecule has 2 heterocycles. The summed E-state index contributed by atoms with van der Waals surface area (Å²) in [6.45, 7) is 0. The number of phenolic OH excluding ortho intramolecular Hbond substituents is 15. The molecule has 15 N–H and O–H groups in total. The summed E-state index contributed by atoms with van der Waals surface area (Å²) in [4.78, 5) is 27.7. The molecule has 0 unspecified atom stereocenters. The van der Waals surface area contributed by atoms with Gasteiger partial charge in [0.05, 0.1) is 17.0 Å². The number of phenols is 15. The fourth-order valence-electron chi connectivity index (χ4n) is 7.81. The molecule has 0 spiro atoms. The van der Waals surface area contributed by atoms with E-state index in [2.05, 4.69) is 0 Å². The second-order valence-electron chi connectivity index (χ2n) is 15.0. The summed E-state index contributed by atoms with van der Waals surface area (Å²) in [6, 6.07) is 10.8. The van der Waals surface area contributed by atoms with E-state index in [-0.39, 0.29) is 28.0 Å². The van der Waals surface area contributed by atoms with Crippen LogP contribution in [0.5, 0.6) is 97.7 Å². The minimum atomic E-state index is -1.89. The number of fused-ring (bicyclic) bond motifs is 2. The standard InChI is InChI=1S/C44H34O21/c45-18-10-23(49)33-31(11-18)62-40(14-1-2-20(46)22(48)3-14)42(65-44(61)17-8-29(55)38(59)30(56)9-17)35(33)34-24(50)13-21(47)19-12-32(63-43(60)16-6-27(53)37(58)28(54)7-16)39(64-41(19)34)15-4-25(51)36(57)26(52)5-15/h1-11,13,32,35,39-40,42,45-59H,12H2/t32-,35-,39-,40-,42-/m1/s1. The number of esters is 2. The van der Waals surface area contributed by atoms with Crippen LogP contribution in [0.3, 0.4) is 0 Å². The maximum atomic E-state index is 14.1. The highest BCUT2D eigenvalue weighted by atomic mass is 16.6. The second kappa shape index (κ2) is 15.6. The minimum absolute atomic E-state index is 0.0489. The van der Waals surface area contributed by atoms with Crippen LogP contribution in [-0.4, -0.2) is 101 Å². The molecule has 0 amide bonds. The van der Waals surface area contributed by atoms with E-state index >= 15 is 0 Å². The van der Waals surface area contributed by atoms with Crippen molar-refractivity contribution in [2.75, 3.05) is 0 Å². The van der Waals surface area contributed by atoms with Gasteiger partial charge in [-0.2, -0.15) is 0 Å². The van der Waals surface area contributed by atoms with Crippen LogP contribution in [0.2, 0.25) is 0 Å². The second-order valence-corrected chi connectivity index (χ2v) is 15.0. The molecule has 0 radical (unpaired) electrons. The Morgan fingerprint density at radius 2 is 0.969 bits per heavy atom. The third-order valence-corrected chi connectivity index (χ3v) is 10.8. The predicted molar refractivity (Wildman–Crippen MR) is 214 cm³/mol. The van der Waals surface area contributed by atoms with Crippen molar-refractivity contribution in [2.24, 2.45) is 0 Å². The van der Waals surface area contributed by atoms with E-state index in [4.69, 9.17) is 18.9 Å². The van der Waals surface area contributed by atoms with Crippen LogP contribution in [0.4, 0.5) is 0 Å². The van der Waals surface area contributed by atoms with E-state index in [0.29, 0.717) is 0 Å². The van der Waals surface area contributed by atoms with Crippen molar-refractivity contribution in [1.29, 1.82) is 0 Å². The fraction of sp³-hybridized carbons (Fsp3) is 0.136. The van der Waals surface area contributed by atoms with Gasteiger partial charge in [-0.1, -0.05) is 6.07 Å².